The first-order chi connectivity index (χ1) is 12.3. The molecule has 8 heteroatoms. The van der Waals surface area contributed by atoms with Crippen molar-refractivity contribution in [3.8, 4) is 11.3 Å². The molecule has 0 aliphatic heterocycles. The Labute approximate surface area is 158 Å². The summed E-state index contributed by atoms with van der Waals surface area (Å²) in [5, 5.41) is 13.9. The lowest BCUT2D eigenvalue weighted by Gasteiger charge is -2.04. The summed E-state index contributed by atoms with van der Waals surface area (Å²) >= 11 is 7.36. The van der Waals surface area contributed by atoms with Crippen LogP contribution in [-0.2, 0) is 0 Å². The minimum absolute atomic E-state index is 0.0173. The number of rotatable bonds is 4. The number of benzene rings is 2. The van der Waals surface area contributed by atoms with Crippen LogP contribution in [0, 0.1) is 24.0 Å². The van der Waals surface area contributed by atoms with Crippen LogP contribution >= 0.6 is 22.9 Å². The highest BCUT2D eigenvalue weighted by Crippen LogP contribution is 2.31. The first kappa shape index (κ1) is 18.0. The summed E-state index contributed by atoms with van der Waals surface area (Å²) in [6.45, 7) is 3.94. The van der Waals surface area contributed by atoms with Gasteiger partial charge in [-0.1, -0.05) is 41.4 Å². The summed E-state index contributed by atoms with van der Waals surface area (Å²) in [6.07, 6.45) is 0. The summed E-state index contributed by atoms with van der Waals surface area (Å²) in [4.78, 5) is 28.1. The minimum Gasteiger partial charge on any atom is -0.298 e. The molecule has 1 amide bonds. The molecule has 2 aromatic carbocycles. The number of carbonyl (C=O) groups excluding carboxylic acids is 1. The molecular weight excluding hydrogens is 374 g/mol. The predicted molar refractivity (Wildman–Crippen MR) is 103 cm³/mol. The zero-order valence-electron chi connectivity index (χ0n) is 13.9. The second-order valence-corrected chi connectivity index (χ2v) is 7.28. The lowest BCUT2D eigenvalue weighted by Crippen LogP contribution is -2.12. The van der Waals surface area contributed by atoms with Crippen molar-refractivity contribution < 1.29 is 9.72 Å². The van der Waals surface area contributed by atoms with Crippen LogP contribution in [0.5, 0.6) is 0 Å². The Morgan fingerprint density at radius 1 is 1.19 bits per heavy atom. The van der Waals surface area contributed by atoms with E-state index < -0.39 is 10.8 Å². The first-order valence-electron chi connectivity index (χ1n) is 7.65. The molecule has 1 aromatic heterocycles. The number of anilines is 1. The lowest BCUT2D eigenvalue weighted by atomic mass is 10.1. The summed E-state index contributed by atoms with van der Waals surface area (Å²) in [6, 6.07) is 11.7. The van der Waals surface area contributed by atoms with Crippen molar-refractivity contribution in [3.63, 3.8) is 0 Å². The van der Waals surface area contributed by atoms with Crippen molar-refractivity contribution in [1.29, 1.82) is 0 Å². The van der Waals surface area contributed by atoms with Crippen molar-refractivity contribution in [2.45, 2.75) is 13.8 Å². The topological polar surface area (TPSA) is 85.1 Å². The summed E-state index contributed by atoms with van der Waals surface area (Å²) in [5.74, 6) is -0.464. The van der Waals surface area contributed by atoms with Crippen molar-refractivity contribution in [2.24, 2.45) is 0 Å². The van der Waals surface area contributed by atoms with Gasteiger partial charge in [0.25, 0.3) is 11.6 Å². The van der Waals surface area contributed by atoms with Crippen molar-refractivity contribution in [3.05, 3.63) is 73.6 Å². The first-order valence-corrected chi connectivity index (χ1v) is 8.84. The molecule has 0 bridgehead atoms. The van der Waals surface area contributed by atoms with E-state index in [0.717, 1.165) is 27.8 Å². The largest absolute Gasteiger partial charge is 0.298 e. The number of non-ortho nitro benzene ring substituents is 1. The number of thiazole rings is 1. The second kappa shape index (κ2) is 7.23. The number of aromatic nitrogens is 1. The van der Waals surface area contributed by atoms with Crippen LogP contribution in [0.15, 0.2) is 42.5 Å². The van der Waals surface area contributed by atoms with Gasteiger partial charge in [-0.15, -0.1) is 11.3 Å². The molecule has 1 N–H and O–H groups in total. The average molecular weight is 388 g/mol. The fourth-order valence-electron chi connectivity index (χ4n) is 2.40. The Kier molecular flexibility index (Phi) is 5.01. The van der Waals surface area contributed by atoms with E-state index in [1.165, 1.54) is 23.5 Å². The number of halogens is 1. The number of hydrogen-bond donors (Lipinski definition) is 1. The van der Waals surface area contributed by atoms with Crippen LogP contribution in [0.25, 0.3) is 11.3 Å². The molecule has 0 atom stereocenters. The molecule has 0 spiro atoms. The number of nitro groups is 1. The molecule has 26 heavy (non-hydrogen) atoms. The van der Waals surface area contributed by atoms with Crippen molar-refractivity contribution in [2.75, 3.05) is 5.32 Å². The number of amides is 1. The highest BCUT2D eigenvalue weighted by molar-refractivity contribution is 7.16. The number of hydrogen-bond acceptors (Lipinski definition) is 5. The van der Waals surface area contributed by atoms with Gasteiger partial charge in [0, 0.05) is 22.6 Å². The van der Waals surface area contributed by atoms with Gasteiger partial charge in [-0.25, -0.2) is 4.98 Å². The van der Waals surface area contributed by atoms with Gasteiger partial charge in [0.2, 0.25) is 0 Å². The van der Waals surface area contributed by atoms with Gasteiger partial charge in [-0.3, -0.25) is 20.2 Å². The monoisotopic (exact) mass is 387 g/mol. The third kappa shape index (κ3) is 3.74. The molecule has 0 fully saturated rings. The Balaban J connectivity index is 1.83. The van der Waals surface area contributed by atoms with Gasteiger partial charge in [0.1, 0.15) is 0 Å². The second-order valence-electron chi connectivity index (χ2n) is 5.67. The molecule has 6 nitrogen and oxygen atoms in total. The number of carbonyl (C=O) groups is 1. The SMILES string of the molecule is Cc1ccc(-c2nc(NC(=O)c3ccc([N+](=O)[O-])cc3Cl)sc2C)cc1. The molecule has 0 aliphatic rings. The van der Waals surface area contributed by atoms with E-state index in [1.54, 1.807) is 0 Å². The third-order valence-electron chi connectivity index (χ3n) is 3.75. The molecule has 0 radical (unpaired) electrons. The Bertz CT molecular complexity index is 999. The molecule has 1 heterocycles. The van der Waals surface area contributed by atoms with Crippen molar-refractivity contribution >= 4 is 39.7 Å². The number of nitrogens with zero attached hydrogens (tertiary/aromatic N) is 2. The highest BCUT2D eigenvalue weighted by atomic mass is 35.5. The maximum absolute atomic E-state index is 12.4. The van der Waals surface area contributed by atoms with Crippen LogP contribution in [0.4, 0.5) is 10.8 Å². The van der Waals surface area contributed by atoms with Crippen LogP contribution in [0.2, 0.25) is 5.02 Å². The minimum atomic E-state index is -0.564. The molecule has 3 aromatic rings. The average Bonchev–Trinajstić information content (AvgIpc) is 2.95. The Morgan fingerprint density at radius 2 is 1.88 bits per heavy atom. The van der Waals surface area contributed by atoms with Gasteiger partial charge in [-0.2, -0.15) is 0 Å². The van der Waals surface area contributed by atoms with E-state index in [-0.39, 0.29) is 16.3 Å². The normalized spacial score (nSPS) is 10.6. The van der Waals surface area contributed by atoms with E-state index in [9.17, 15) is 14.9 Å². The van der Waals surface area contributed by atoms with E-state index in [2.05, 4.69) is 10.3 Å². The van der Waals surface area contributed by atoms with E-state index in [0.29, 0.717) is 5.13 Å². The third-order valence-corrected chi connectivity index (χ3v) is 4.95. The van der Waals surface area contributed by atoms with Gasteiger partial charge < -0.3 is 0 Å². The van der Waals surface area contributed by atoms with Crippen LogP contribution < -0.4 is 5.32 Å². The van der Waals surface area contributed by atoms with Gasteiger partial charge in [0.15, 0.2) is 5.13 Å². The highest BCUT2D eigenvalue weighted by Gasteiger charge is 2.17. The van der Waals surface area contributed by atoms with Gasteiger partial charge in [-0.05, 0) is 19.9 Å². The molecule has 0 saturated carbocycles. The molecule has 0 saturated heterocycles. The molecule has 0 aliphatic carbocycles. The number of nitrogens with one attached hydrogen (secondary N) is 1. The summed E-state index contributed by atoms with van der Waals surface area (Å²) in [5.41, 5.74) is 2.92. The zero-order valence-corrected chi connectivity index (χ0v) is 15.5. The van der Waals surface area contributed by atoms with Crippen molar-refractivity contribution in [1.82, 2.24) is 4.98 Å². The van der Waals surface area contributed by atoms with Crippen LogP contribution in [-0.4, -0.2) is 15.8 Å². The zero-order chi connectivity index (χ0) is 18.8. The van der Waals surface area contributed by atoms with Gasteiger partial charge in [0.05, 0.1) is 21.2 Å². The Hall–Kier alpha value is -2.77. The lowest BCUT2D eigenvalue weighted by molar-refractivity contribution is -0.384. The number of nitro benzene ring substituents is 1. The van der Waals surface area contributed by atoms with Crippen LogP contribution in [0.1, 0.15) is 20.8 Å². The fourth-order valence-corrected chi connectivity index (χ4v) is 3.49. The quantitative estimate of drug-likeness (QED) is 0.490. The van der Waals surface area contributed by atoms with Crippen LogP contribution in [0.3, 0.4) is 0 Å². The summed E-state index contributed by atoms with van der Waals surface area (Å²) in [7, 11) is 0. The molecule has 3 rings (SSSR count). The van der Waals surface area contributed by atoms with E-state index in [1.807, 2.05) is 38.1 Å². The van der Waals surface area contributed by atoms with E-state index in [4.69, 9.17) is 11.6 Å². The van der Waals surface area contributed by atoms with Gasteiger partial charge >= 0.3 is 0 Å². The molecular formula is C18H14ClN3O3S. The number of aryl methyl sites for hydroxylation is 2. The Morgan fingerprint density at radius 3 is 2.50 bits per heavy atom. The predicted octanol–water partition coefficient (Wildman–Crippen LogP) is 5.24. The summed E-state index contributed by atoms with van der Waals surface area (Å²) < 4.78 is 0. The van der Waals surface area contributed by atoms with E-state index >= 15 is 0 Å². The standard InChI is InChI=1S/C18H14ClN3O3S/c1-10-3-5-12(6-4-10)16-11(2)26-18(20-16)21-17(23)14-8-7-13(22(24)25)9-15(14)19/h3-9H,1-2H3,(H,20,21,23). The molecule has 0 unspecified atom stereocenters. The maximum Gasteiger partial charge on any atom is 0.270 e. The maximum atomic E-state index is 12.4. The fraction of sp³-hybridized carbons (Fsp3) is 0.111. The molecule has 132 valence electrons. The smallest absolute Gasteiger partial charge is 0.270 e.